The van der Waals surface area contributed by atoms with Crippen molar-refractivity contribution >= 4 is 16.9 Å². The van der Waals surface area contributed by atoms with E-state index >= 15 is 0 Å². The van der Waals surface area contributed by atoms with Crippen LogP contribution in [-0.2, 0) is 31.5 Å². The van der Waals surface area contributed by atoms with E-state index in [0.717, 1.165) is 23.1 Å². The SMILES string of the molecule is Cn1c(=O)n(CC(=O)NCc2ccc(CN3CCCCC3)cc2)c2ccccc21. The summed E-state index contributed by atoms with van der Waals surface area (Å²) in [5.74, 6) is -0.166. The minimum Gasteiger partial charge on any atom is -0.350 e. The van der Waals surface area contributed by atoms with Crippen LogP contribution in [0, 0.1) is 0 Å². The average Bonchev–Trinajstić information content (AvgIpc) is 2.99. The molecule has 2 heterocycles. The van der Waals surface area contributed by atoms with Gasteiger partial charge in [0, 0.05) is 20.1 Å². The van der Waals surface area contributed by atoms with Gasteiger partial charge in [0.2, 0.25) is 5.91 Å². The van der Waals surface area contributed by atoms with Gasteiger partial charge in [0.25, 0.3) is 0 Å². The maximum Gasteiger partial charge on any atom is 0.329 e. The van der Waals surface area contributed by atoms with Crippen LogP contribution in [0.4, 0.5) is 0 Å². The highest BCUT2D eigenvalue weighted by Crippen LogP contribution is 2.14. The van der Waals surface area contributed by atoms with Gasteiger partial charge < -0.3 is 5.32 Å². The smallest absolute Gasteiger partial charge is 0.329 e. The molecular formula is C23H28N4O2. The van der Waals surface area contributed by atoms with Gasteiger partial charge in [-0.15, -0.1) is 0 Å². The van der Waals surface area contributed by atoms with Gasteiger partial charge in [-0.2, -0.15) is 0 Å². The molecule has 0 radical (unpaired) electrons. The van der Waals surface area contributed by atoms with E-state index in [1.807, 2.05) is 24.3 Å². The zero-order valence-corrected chi connectivity index (χ0v) is 16.9. The minimum atomic E-state index is -0.177. The maximum absolute atomic E-state index is 12.4. The fourth-order valence-corrected chi connectivity index (χ4v) is 4.05. The molecule has 0 atom stereocenters. The number of nitrogens with zero attached hydrogens (tertiary/aromatic N) is 3. The van der Waals surface area contributed by atoms with Crippen LogP contribution in [0.1, 0.15) is 30.4 Å². The van der Waals surface area contributed by atoms with E-state index in [2.05, 4.69) is 34.5 Å². The number of hydrogen-bond donors (Lipinski definition) is 1. The van der Waals surface area contributed by atoms with Crippen LogP contribution in [-0.4, -0.2) is 33.0 Å². The second kappa shape index (κ2) is 8.66. The molecule has 1 N–H and O–H groups in total. The Morgan fingerprint density at radius 2 is 1.59 bits per heavy atom. The highest BCUT2D eigenvalue weighted by molar-refractivity contribution is 5.80. The first-order valence-electron chi connectivity index (χ1n) is 10.3. The zero-order chi connectivity index (χ0) is 20.2. The molecule has 1 amide bonds. The van der Waals surface area contributed by atoms with Gasteiger partial charge in [0.05, 0.1) is 11.0 Å². The Hall–Kier alpha value is -2.86. The van der Waals surface area contributed by atoms with Crippen molar-refractivity contribution in [1.82, 2.24) is 19.4 Å². The van der Waals surface area contributed by atoms with Crippen LogP contribution in [0.15, 0.2) is 53.3 Å². The lowest BCUT2D eigenvalue weighted by atomic mass is 10.1. The lowest BCUT2D eigenvalue weighted by Crippen LogP contribution is -2.32. The summed E-state index contributed by atoms with van der Waals surface area (Å²) in [6.45, 7) is 3.85. The molecular weight excluding hydrogens is 364 g/mol. The van der Waals surface area contributed by atoms with Crippen molar-refractivity contribution < 1.29 is 4.79 Å². The number of rotatable bonds is 6. The molecule has 3 aromatic rings. The third-order valence-electron chi connectivity index (χ3n) is 5.72. The van der Waals surface area contributed by atoms with E-state index in [-0.39, 0.29) is 18.1 Å². The van der Waals surface area contributed by atoms with Crippen LogP contribution in [0.5, 0.6) is 0 Å². The summed E-state index contributed by atoms with van der Waals surface area (Å²) in [7, 11) is 1.73. The van der Waals surface area contributed by atoms with E-state index in [9.17, 15) is 9.59 Å². The number of imidazole rings is 1. The molecule has 29 heavy (non-hydrogen) atoms. The number of hydrogen-bond acceptors (Lipinski definition) is 3. The van der Waals surface area contributed by atoms with Gasteiger partial charge in [-0.05, 0) is 49.2 Å². The summed E-state index contributed by atoms with van der Waals surface area (Å²) >= 11 is 0. The van der Waals surface area contributed by atoms with E-state index < -0.39 is 0 Å². The Labute approximate surface area is 170 Å². The Balaban J connectivity index is 1.34. The summed E-state index contributed by atoms with van der Waals surface area (Å²) in [5, 5.41) is 2.93. The summed E-state index contributed by atoms with van der Waals surface area (Å²) in [4.78, 5) is 27.4. The number of amides is 1. The largest absolute Gasteiger partial charge is 0.350 e. The number of nitrogens with one attached hydrogen (secondary N) is 1. The molecule has 1 aliphatic heterocycles. The van der Waals surface area contributed by atoms with Crippen molar-refractivity contribution in [3.8, 4) is 0 Å². The van der Waals surface area contributed by atoms with Crippen molar-refractivity contribution in [3.63, 3.8) is 0 Å². The molecule has 0 aliphatic carbocycles. The van der Waals surface area contributed by atoms with Crippen molar-refractivity contribution in [3.05, 3.63) is 70.1 Å². The van der Waals surface area contributed by atoms with Crippen molar-refractivity contribution in [2.45, 2.75) is 38.9 Å². The van der Waals surface area contributed by atoms with Crippen molar-refractivity contribution in [2.75, 3.05) is 13.1 Å². The second-order valence-corrected chi connectivity index (χ2v) is 7.85. The van der Waals surface area contributed by atoms with E-state index in [0.29, 0.717) is 6.54 Å². The van der Waals surface area contributed by atoms with Crippen LogP contribution < -0.4 is 11.0 Å². The lowest BCUT2D eigenvalue weighted by molar-refractivity contribution is -0.121. The topological polar surface area (TPSA) is 59.3 Å². The quantitative estimate of drug-likeness (QED) is 0.702. The molecule has 1 aromatic heterocycles. The number of fused-ring (bicyclic) bond motifs is 1. The molecule has 0 bridgehead atoms. The number of aryl methyl sites for hydroxylation is 1. The van der Waals surface area contributed by atoms with Gasteiger partial charge in [0.1, 0.15) is 6.54 Å². The highest BCUT2D eigenvalue weighted by Gasteiger charge is 2.13. The number of benzene rings is 2. The second-order valence-electron chi connectivity index (χ2n) is 7.85. The summed E-state index contributed by atoms with van der Waals surface area (Å²) < 4.78 is 3.09. The lowest BCUT2D eigenvalue weighted by Gasteiger charge is -2.26. The number of likely N-dealkylation sites (tertiary alicyclic amines) is 1. The molecule has 1 saturated heterocycles. The Bertz CT molecular complexity index is 1040. The molecule has 6 heteroatoms. The van der Waals surface area contributed by atoms with Gasteiger partial charge in [-0.3, -0.25) is 18.8 Å². The van der Waals surface area contributed by atoms with Gasteiger partial charge in [-0.25, -0.2) is 4.79 Å². The van der Waals surface area contributed by atoms with E-state index in [1.54, 1.807) is 11.6 Å². The maximum atomic E-state index is 12.4. The molecule has 0 spiro atoms. The predicted molar refractivity (Wildman–Crippen MR) is 115 cm³/mol. The van der Waals surface area contributed by atoms with E-state index in [4.69, 9.17) is 0 Å². The van der Waals surface area contributed by atoms with Crippen LogP contribution in [0.25, 0.3) is 11.0 Å². The summed E-state index contributed by atoms with van der Waals surface area (Å²) in [5.41, 5.74) is 3.80. The van der Waals surface area contributed by atoms with E-state index in [1.165, 1.54) is 42.5 Å². The Morgan fingerprint density at radius 1 is 0.931 bits per heavy atom. The highest BCUT2D eigenvalue weighted by atomic mass is 16.2. The normalized spacial score (nSPS) is 14.9. The molecule has 152 valence electrons. The summed E-state index contributed by atoms with van der Waals surface area (Å²) in [6.07, 6.45) is 3.94. The van der Waals surface area contributed by atoms with Crippen molar-refractivity contribution in [1.29, 1.82) is 0 Å². The molecule has 6 nitrogen and oxygen atoms in total. The standard InChI is InChI=1S/C23H28N4O2/c1-25-20-7-3-4-8-21(20)27(23(25)29)17-22(28)24-15-18-9-11-19(12-10-18)16-26-13-5-2-6-14-26/h3-4,7-12H,2,5-6,13-17H2,1H3,(H,24,28). The third kappa shape index (κ3) is 4.43. The Kier molecular flexibility index (Phi) is 5.81. The third-order valence-corrected chi connectivity index (χ3v) is 5.72. The fourth-order valence-electron chi connectivity index (χ4n) is 4.05. The van der Waals surface area contributed by atoms with Crippen LogP contribution in [0.3, 0.4) is 0 Å². The van der Waals surface area contributed by atoms with Crippen LogP contribution >= 0.6 is 0 Å². The van der Waals surface area contributed by atoms with Crippen LogP contribution in [0.2, 0.25) is 0 Å². The number of carbonyl (C=O) groups excluding carboxylic acids is 1. The van der Waals surface area contributed by atoms with Crippen molar-refractivity contribution in [2.24, 2.45) is 7.05 Å². The average molecular weight is 393 g/mol. The molecule has 4 rings (SSSR count). The van der Waals surface area contributed by atoms with Gasteiger partial charge in [0.15, 0.2) is 0 Å². The van der Waals surface area contributed by atoms with Gasteiger partial charge in [-0.1, -0.05) is 42.8 Å². The first-order valence-corrected chi connectivity index (χ1v) is 10.3. The molecule has 0 saturated carbocycles. The fraction of sp³-hybridized carbons (Fsp3) is 0.391. The molecule has 1 aliphatic rings. The minimum absolute atomic E-state index is 0.0211. The Morgan fingerprint density at radius 3 is 2.31 bits per heavy atom. The summed E-state index contributed by atoms with van der Waals surface area (Å²) in [6, 6.07) is 16.0. The number of aromatic nitrogens is 2. The van der Waals surface area contributed by atoms with Gasteiger partial charge >= 0.3 is 5.69 Å². The number of para-hydroxylation sites is 2. The monoisotopic (exact) mass is 392 g/mol. The molecule has 0 unspecified atom stereocenters. The predicted octanol–water partition coefficient (Wildman–Crippen LogP) is 2.64. The number of piperidine rings is 1. The zero-order valence-electron chi connectivity index (χ0n) is 16.9. The molecule has 2 aromatic carbocycles. The molecule has 1 fully saturated rings. The first-order chi connectivity index (χ1) is 14.1. The first kappa shape index (κ1) is 19.5. The number of carbonyl (C=O) groups is 1.